The zero-order chi connectivity index (χ0) is 11.7. The van der Waals surface area contributed by atoms with Crippen molar-refractivity contribution in [1.82, 2.24) is 0 Å². The Labute approximate surface area is 103 Å². The van der Waals surface area contributed by atoms with Gasteiger partial charge in [0.15, 0.2) is 0 Å². The number of ketones is 1. The van der Waals surface area contributed by atoms with Crippen molar-refractivity contribution in [2.45, 2.75) is 32.1 Å². The van der Waals surface area contributed by atoms with E-state index in [9.17, 15) is 4.79 Å². The van der Waals surface area contributed by atoms with Crippen molar-refractivity contribution in [3.63, 3.8) is 0 Å². The fourth-order valence-electron chi connectivity index (χ4n) is 6.62. The van der Waals surface area contributed by atoms with Gasteiger partial charge in [-0.25, -0.2) is 0 Å². The number of Topliss-reactive ketones (excluding diaryl/α,β-unsaturated/α-hetero) is 1. The summed E-state index contributed by atoms with van der Waals surface area (Å²) in [5, 5.41) is 7.00. The molecule has 0 aromatic rings. The van der Waals surface area contributed by atoms with Crippen LogP contribution >= 0.6 is 0 Å². The molecule has 7 saturated carbocycles. The molecule has 0 spiro atoms. The Kier molecular flexibility index (Phi) is 2.07. The summed E-state index contributed by atoms with van der Waals surface area (Å²) < 4.78 is 0. The summed E-state index contributed by atoms with van der Waals surface area (Å²) in [4.78, 5) is 12.3. The maximum Gasteiger partial charge on any atom is 0.139 e. The Morgan fingerprint density at radius 3 is 1.88 bits per heavy atom. The molecule has 94 valence electrons. The molecular weight excluding hydrogens is 212 g/mol. The molecule has 2 heteroatoms. The van der Waals surface area contributed by atoms with Crippen LogP contribution in [0.5, 0.6) is 0 Å². The second-order valence-electron chi connectivity index (χ2n) is 6.99. The maximum absolute atomic E-state index is 12.3. The van der Waals surface area contributed by atoms with E-state index in [0.717, 1.165) is 42.6 Å². The van der Waals surface area contributed by atoms with Gasteiger partial charge >= 0.3 is 0 Å². The van der Waals surface area contributed by atoms with Crippen LogP contribution in [0, 0.1) is 47.3 Å². The van der Waals surface area contributed by atoms with Crippen molar-refractivity contribution < 1.29 is 9.90 Å². The summed E-state index contributed by atoms with van der Waals surface area (Å²) in [7, 11) is 1.00. The van der Waals surface area contributed by atoms with Gasteiger partial charge in [0.1, 0.15) is 5.78 Å². The van der Waals surface area contributed by atoms with E-state index in [-0.39, 0.29) is 0 Å². The Morgan fingerprint density at radius 1 is 0.824 bits per heavy atom. The minimum atomic E-state index is 0.517. The van der Waals surface area contributed by atoms with Gasteiger partial charge < -0.3 is 5.11 Å². The van der Waals surface area contributed by atoms with Crippen molar-refractivity contribution in [1.29, 1.82) is 0 Å². The number of hydrogen-bond donors (Lipinski definition) is 1. The fourth-order valence-corrected chi connectivity index (χ4v) is 6.62. The zero-order valence-corrected chi connectivity index (χ0v) is 10.5. The maximum atomic E-state index is 12.3. The van der Waals surface area contributed by atoms with Crippen LogP contribution in [0.15, 0.2) is 0 Å². The molecule has 7 rings (SSSR count). The summed E-state index contributed by atoms with van der Waals surface area (Å²) in [6.45, 7) is 0. The summed E-state index contributed by atoms with van der Waals surface area (Å²) in [6, 6.07) is 0. The third-order valence-electron chi connectivity index (χ3n) is 6.78. The number of hydrogen-bond acceptors (Lipinski definition) is 2. The first-order chi connectivity index (χ1) is 8.33. The highest BCUT2D eigenvalue weighted by Crippen LogP contribution is 2.70. The molecule has 0 heterocycles. The molecule has 4 unspecified atom stereocenters. The van der Waals surface area contributed by atoms with Gasteiger partial charge in [-0.3, -0.25) is 4.79 Å². The number of rotatable bonds is 0. The third kappa shape index (κ3) is 1.09. The lowest BCUT2D eigenvalue weighted by Gasteiger charge is -2.68. The fraction of sp³-hybridized carbons (Fsp3) is 0.933. The van der Waals surface area contributed by atoms with Crippen molar-refractivity contribution in [2.75, 3.05) is 7.11 Å². The van der Waals surface area contributed by atoms with Crippen LogP contribution in [0.4, 0.5) is 0 Å². The molecular formula is C15H22O2. The average Bonchev–Trinajstić information content (AvgIpc) is 2.38. The number of carbonyl (C=O) groups excluding carboxylic acids is 1. The van der Waals surface area contributed by atoms with Crippen LogP contribution in [0.25, 0.3) is 0 Å². The van der Waals surface area contributed by atoms with E-state index in [2.05, 4.69) is 0 Å². The molecule has 2 nitrogen and oxygen atoms in total. The van der Waals surface area contributed by atoms with E-state index in [4.69, 9.17) is 5.11 Å². The monoisotopic (exact) mass is 234 g/mol. The van der Waals surface area contributed by atoms with Crippen LogP contribution in [-0.2, 0) is 4.79 Å². The summed E-state index contributed by atoms with van der Waals surface area (Å²) in [5.74, 6) is 7.55. The van der Waals surface area contributed by atoms with Gasteiger partial charge in [0.2, 0.25) is 0 Å². The molecule has 0 saturated heterocycles. The number of aliphatic hydroxyl groups excluding tert-OH is 1. The van der Waals surface area contributed by atoms with E-state index >= 15 is 0 Å². The normalized spacial score (nSPS) is 60.5. The van der Waals surface area contributed by atoms with Gasteiger partial charge in [-0.15, -0.1) is 0 Å². The molecule has 0 amide bonds. The Hall–Kier alpha value is -0.370. The molecule has 0 radical (unpaired) electrons. The summed E-state index contributed by atoms with van der Waals surface area (Å²) >= 11 is 0. The molecule has 8 bridgehead atoms. The highest BCUT2D eigenvalue weighted by Gasteiger charge is 2.66. The molecule has 4 atom stereocenters. The highest BCUT2D eigenvalue weighted by molar-refractivity contribution is 5.86. The minimum absolute atomic E-state index is 0.517. The van der Waals surface area contributed by atoms with Gasteiger partial charge in [-0.05, 0) is 67.6 Å². The predicted molar refractivity (Wildman–Crippen MR) is 64.2 cm³/mol. The van der Waals surface area contributed by atoms with Crippen LogP contribution in [0.1, 0.15) is 32.1 Å². The standard InChI is InChI=1S/C14H18O.CH4O/c15-14-7-4-9-8-1-6-2-11(9)13(14)12(3-6)10(8)5-7;1-2/h6-13H,1-5H2;2H,1H3. The van der Waals surface area contributed by atoms with E-state index in [1.54, 1.807) is 0 Å². The first-order valence-electron chi connectivity index (χ1n) is 7.31. The quantitative estimate of drug-likeness (QED) is 0.697. The lowest BCUT2D eigenvalue weighted by atomic mass is 9.35. The number of carbonyl (C=O) groups is 1. The van der Waals surface area contributed by atoms with Crippen LogP contribution in [0.2, 0.25) is 0 Å². The minimum Gasteiger partial charge on any atom is -0.400 e. The highest BCUT2D eigenvalue weighted by atomic mass is 16.2. The van der Waals surface area contributed by atoms with E-state index in [1.165, 1.54) is 32.1 Å². The third-order valence-corrected chi connectivity index (χ3v) is 6.78. The van der Waals surface area contributed by atoms with Crippen molar-refractivity contribution in [3.05, 3.63) is 0 Å². The number of aliphatic hydroxyl groups is 1. The van der Waals surface area contributed by atoms with E-state index < -0.39 is 0 Å². The smallest absolute Gasteiger partial charge is 0.139 e. The second kappa shape index (κ2) is 3.34. The molecule has 7 aliphatic carbocycles. The first kappa shape index (κ1) is 10.5. The first-order valence-corrected chi connectivity index (χ1v) is 7.31. The van der Waals surface area contributed by atoms with E-state index in [0.29, 0.717) is 17.6 Å². The average molecular weight is 234 g/mol. The van der Waals surface area contributed by atoms with Crippen molar-refractivity contribution in [2.24, 2.45) is 47.3 Å². The van der Waals surface area contributed by atoms with Gasteiger partial charge in [0, 0.05) is 18.9 Å². The van der Waals surface area contributed by atoms with Crippen LogP contribution in [0.3, 0.4) is 0 Å². The van der Waals surface area contributed by atoms with Gasteiger partial charge in [0.25, 0.3) is 0 Å². The summed E-state index contributed by atoms with van der Waals surface area (Å²) in [6.07, 6.45) is 6.97. The lowest BCUT2D eigenvalue weighted by Crippen LogP contribution is -2.65. The van der Waals surface area contributed by atoms with Gasteiger partial charge in [0.05, 0.1) is 0 Å². The second-order valence-corrected chi connectivity index (χ2v) is 6.99. The Morgan fingerprint density at radius 2 is 1.29 bits per heavy atom. The lowest BCUT2D eigenvalue weighted by molar-refractivity contribution is -0.201. The van der Waals surface area contributed by atoms with Crippen LogP contribution < -0.4 is 0 Å². The Balaban J connectivity index is 0.000000383. The SMILES string of the molecule is CO.O=C1C2CC3C4CC5CC3C1C(C5)C4C2. The topological polar surface area (TPSA) is 37.3 Å². The zero-order valence-electron chi connectivity index (χ0n) is 10.5. The van der Waals surface area contributed by atoms with Crippen molar-refractivity contribution >= 4 is 5.78 Å². The largest absolute Gasteiger partial charge is 0.400 e. The predicted octanol–water partition coefficient (Wildman–Crippen LogP) is 2.11. The molecule has 0 aromatic carbocycles. The molecule has 0 aromatic heterocycles. The van der Waals surface area contributed by atoms with Crippen LogP contribution in [-0.4, -0.2) is 18.0 Å². The molecule has 17 heavy (non-hydrogen) atoms. The van der Waals surface area contributed by atoms with Gasteiger partial charge in [-0.2, -0.15) is 0 Å². The van der Waals surface area contributed by atoms with Crippen molar-refractivity contribution in [3.8, 4) is 0 Å². The Bertz CT molecular complexity index is 340. The molecule has 0 aliphatic heterocycles. The van der Waals surface area contributed by atoms with Gasteiger partial charge in [-0.1, -0.05) is 0 Å². The molecule has 7 fully saturated rings. The molecule has 1 N–H and O–H groups in total. The summed E-state index contributed by atoms with van der Waals surface area (Å²) in [5.41, 5.74) is 0. The van der Waals surface area contributed by atoms with E-state index in [1.807, 2.05) is 0 Å². The molecule has 7 aliphatic rings.